The molecule has 1 amide bonds. The number of carbonyl (C=O) groups is 1. The summed E-state index contributed by atoms with van der Waals surface area (Å²) in [6.07, 6.45) is 1.28. The summed E-state index contributed by atoms with van der Waals surface area (Å²) in [5, 5.41) is 0. The van der Waals surface area contributed by atoms with E-state index in [9.17, 15) is 4.79 Å². The van der Waals surface area contributed by atoms with Crippen LogP contribution in [0.3, 0.4) is 0 Å². The fourth-order valence-corrected chi connectivity index (χ4v) is 1.80. The molecule has 0 heterocycles. The molecule has 4 nitrogen and oxygen atoms in total. The van der Waals surface area contributed by atoms with Gasteiger partial charge in [-0.05, 0) is 38.0 Å². The van der Waals surface area contributed by atoms with E-state index in [1.54, 1.807) is 0 Å². The first-order valence-corrected chi connectivity index (χ1v) is 5.98. The van der Waals surface area contributed by atoms with Gasteiger partial charge >= 0.3 is 0 Å². The molecular weight excluding hydrogens is 214 g/mol. The Labute approximate surface area is 103 Å². The topological polar surface area (TPSA) is 58.4 Å². The van der Waals surface area contributed by atoms with Crippen LogP contribution in [0.5, 0.6) is 0 Å². The van der Waals surface area contributed by atoms with Crippen molar-refractivity contribution in [2.45, 2.75) is 26.7 Å². The molecule has 1 aromatic rings. The Morgan fingerprint density at radius 2 is 2.24 bits per heavy atom. The maximum Gasteiger partial charge on any atom is 0.233 e. The molecule has 17 heavy (non-hydrogen) atoms. The third-order valence-electron chi connectivity index (χ3n) is 2.74. The van der Waals surface area contributed by atoms with E-state index < -0.39 is 0 Å². The van der Waals surface area contributed by atoms with Gasteiger partial charge in [-0.1, -0.05) is 12.1 Å². The van der Waals surface area contributed by atoms with E-state index in [1.165, 1.54) is 11.3 Å². The predicted molar refractivity (Wildman–Crippen MR) is 70.6 cm³/mol. The lowest BCUT2D eigenvalue weighted by atomic mass is 10.2. The SMILES string of the molecule is CCN(CCCC(=O)NN)c1cccc(C)c1. The van der Waals surface area contributed by atoms with Gasteiger partial charge in [0.2, 0.25) is 5.91 Å². The van der Waals surface area contributed by atoms with Crippen LogP contribution in [0, 0.1) is 6.92 Å². The zero-order valence-corrected chi connectivity index (χ0v) is 10.6. The van der Waals surface area contributed by atoms with Crippen LogP contribution in [0.4, 0.5) is 5.69 Å². The zero-order valence-electron chi connectivity index (χ0n) is 10.6. The minimum absolute atomic E-state index is 0.106. The molecule has 1 rings (SSSR count). The summed E-state index contributed by atoms with van der Waals surface area (Å²) in [6, 6.07) is 8.39. The summed E-state index contributed by atoms with van der Waals surface area (Å²) in [5.74, 6) is 4.93. The van der Waals surface area contributed by atoms with E-state index in [2.05, 4.69) is 48.4 Å². The van der Waals surface area contributed by atoms with Crippen molar-refractivity contribution >= 4 is 11.6 Å². The molecule has 0 bridgehead atoms. The number of anilines is 1. The van der Waals surface area contributed by atoms with Crippen molar-refractivity contribution in [3.8, 4) is 0 Å². The summed E-state index contributed by atoms with van der Waals surface area (Å²) in [5.41, 5.74) is 4.61. The van der Waals surface area contributed by atoms with Gasteiger partial charge in [0.05, 0.1) is 0 Å². The average molecular weight is 235 g/mol. The molecule has 0 spiro atoms. The number of nitrogens with zero attached hydrogens (tertiary/aromatic N) is 1. The first-order chi connectivity index (χ1) is 8.17. The Kier molecular flexibility index (Phi) is 5.49. The molecule has 0 aliphatic heterocycles. The Morgan fingerprint density at radius 3 is 2.82 bits per heavy atom. The molecule has 4 heteroatoms. The van der Waals surface area contributed by atoms with Crippen molar-refractivity contribution in [2.24, 2.45) is 5.84 Å². The lowest BCUT2D eigenvalue weighted by molar-refractivity contribution is -0.121. The first kappa shape index (κ1) is 13.5. The van der Waals surface area contributed by atoms with Crippen LogP contribution < -0.4 is 16.2 Å². The minimum atomic E-state index is -0.106. The average Bonchev–Trinajstić information content (AvgIpc) is 2.34. The maximum absolute atomic E-state index is 11.0. The number of benzene rings is 1. The molecule has 0 atom stereocenters. The second-order valence-electron chi connectivity index (χ2n) is 4.09. The van der Waals surface area contributed by atoms with E-state index in [0.29, 0.717) is 6.42 Å². The number of hydrogen-bond acceptors (Lipinski definition) is 3. The van der Waals surface area contributed by atoms with Crippen molar-refractivity contribution in [1.29, 1.82) is 0 Å². The summed E-state index contributed by atoms with van der Waals surface area (Å²) >= 11 is 0. The van der Waals surface area contributed by atoms with Gasteiger partial charge in [-0.2, -0.15) is 0 Å². The molecular formula is C13H21N3O. The standard InChI is InChI=1S/C13H21N3O/c1-3-16(9-5-8-13(17)15-14)12-7-4-6-11(2)10-12/h4,6-7,10H,3,5,8-9,14H2,1-2H3,(H,15,17). The van der Waals surface area contributed by atoms with Gasteiger partial charge in [-0.3, -0.25) is 10.2 Å². The number of nitrogens with one attached hydrogen (secondary N) is 1. The number of rotatable bonds is 6. The molecule has 0 aromatic heterocycles. The highest BCUT2D eigenvalue weighted by Crippen LogP contribution is 2.16. The highest BCUT2D eigenvalue weighted by atomic mass is 16.2. The van der Waals surface area contributed by atoms with Gasteiger partial charge in [0.15, 0.2) is 0 Å². The molecule has 0 saturated heterocycles. The molecule has 94 valence electrons. The Balaban J connectivity index is 2.51. The smallest absolute Gasteiger partial charge is 0.233 e. The van der Waals surface area contributed by atoms with E-state index >= 15 is 0 Å². The largest absolute Gasteiger partial charge is 0.372 e. The van der Waals surface area contributed by atoms with E-state index in [-0.39, 0.29) is 5.91 Å². The fourth-order valence-electron chi connectivity index (χ4n) is 1.80. The number of nitrogens with two attached hydrogens (primary N) is 1. The van der Waals surface area contributed by atoms with Crippen molar-refractivity contribution < 1.29 is 4.79 Å². The third-order valence-corrected chi connectivity index (χ3v) is 2.74. The quantitative estimate of drug-likeness (QED) is 0.447. The van der Waals surface area contributed by atoms with Gasteiger partial charge in [0, 0.05) is 25.2 Å². The van der Waals surface area contributed by atoms with Crippen LogP contribution in [-0.4, -0.2) is 19.0 Å². The van der Waals surface area contributed by atoms with Crippen molar-refractivity contribution in [2.75, 3.05) is 18.0 Å². The highest BCUT2D eigenvalue weighted by molar-refractivity contribution is 5.75. The van der Waals surface area contributed by atoms with E-state index in [4.69, 9.17) is 5.84 Å². The van der Waals surface area contributed by atoms with Crippen LogP contribution >= 0.6 is 0 Å². The number of hydrogen-bond donors (Lipinski definition) is 2. The number of carbonyl (C=O) groups excluding carboxylic acids is 1. The predicted octanol–water partition coefficient (Wildman–Crippen LogP) is 1.59. The molecule has 0 fully saturated rings. The molecule has 0 aliphatic rings. The van der Waals surface area contributed by atoms with Crippen molar-refractivity contribution in [1.82, 2.24) is 5.43 Å². The number of aryl methyl sites for hydroxylation is 1. The molecule has 0 radical (unpaired) electrons. The monoisotopic (exact) mass is 235 g/mol. The lowest BCUT2D eigenvalue weighted by Crippen LogP contribution is -2.31. The van der Waals surface area contributed by atoms with Crippen LogP contribution in [0.15, 0.2) is 24.3 Å². The molecule has 0 saturated carbocycles. The van der Waals surface area contributed by atoms with Crippen molar-refractivity contribution in [3.05, 3.63) is 29.8 Å². The van der Waals surface area contributed by atoms with Gasteiger partial charge in [0.25, 0.3) is 0 Å². The normalized spacial score (nSPS) is 10.1. The molecule has 1 aromatic carbocycles. The van der Waals surface area contributed by atoms with Gasteiger partial charge in [-0.25, -0.2) is 5.84 Å². The summed E-state index contributed by atoms with van der Waals surface area (Å²) in [7, 11) is 0. The second-order valence-corrected chi connectivity index (χ2v) is 4.09. The molecule has 0 unspecified atom stereocenters. The fraction of sp³-hybridized carbons (Fsp3) is 0.462. The Morgan fingerprint density at radius 1 is 1.47 bits per heavy atom. The molecule has 0 aliphatic carbocycles. The second kappa shape index (κ2) is 6.91. The van der Waals surface area contributed by atoms with Crippen LogP contribution in [0.25, 0.3) is 0 Å². The third kappa shape index (κ3) is 4.44. The van der Waals surface area contributed by atoms with Gasteiger partial charge in [0.1, 0.15) is 0 Å². The van der Waals surface area contributed by atoms with E-state index in [0.717, 1.165) is 19.5 Å². The summed E-state index contributed by atoms with van der Waals surface area (Å²) in [4.78, 5) is 13.3. The maximum atomic E-state index is 11.0. The molecule has 3 N–H and O–H groups in total. The summed E-state index contributed by atoms with van der Waals surface area (Å²) in [6.45, 7) is 6.01. The van der Waals surface area contributed by atoms with Gasteiger partial charge < -0.3 is 4.90 Å². The van der Waals surface area contributed by atoms with Crippen LogP contribution in [0.1, 0.15) is 25.3 Å². The van der Waals surface area contributed by atoms with Crippen molar-refractivity contribution in [3.63, 3.8) is 0 Å². The number of hydrazine groups is 1. The summed E-state index contributed by atoms with van der Waals surface area (Å²) < 4.78 is 0. The zero-order chi connectivity index (χ0) is 12.7. The van der Waals surface area contributed by atoms with Crippen LogP contribution in [0.2, 0.25) is 0 Å². The first-order valence-electron chi connectivity index (χ1n) is 5.98. The van der Waals surface area contributed by atoms with Gasteiger partial charge in [-0.15, -0.1) is 0 Å². The highest BCUT2D eigenvalue weighted by Gasteiger charge is 2.05. The Hall–Kier alpha value is -1.55. The van der Waals surface area contributed by atoms with E-state index in [1.807, 2.05) is 0 Å². The number of amides is 1. The Bertz CT molecular complexity index is 365. The minimum Gasteiger partial charge on any atom is -0.372 e. The van der Waals surface area contributed by atoms with Crippen LogP contribution in [-0.2, 0) is 4.79 Å². The lowest BCUT2D eigenvalue weighted by Gasteiger charge is -2.23.